The van der Waals surface area contributed by atoms with E-state index in [-0.39, 0.29) is 5.75 Å². The van der Waals surface area contributed by atoms with Gasteiger partial charge in [0.25, 0.3) is 0 Å². The summed E-state index contributed by atoms with van der Waals surface area (Å²) in [6.07, 6.45) is 0. The number of hydrogen-bond acceptors (Lipinski definition) is 4. The predicted octanol–water partition coefficient (Wildman–Crippen LogP) is 2.53. The lowest BCUT2D eigenvalue weighted by molar-refractivity contribution is 0.334. The summed E-state index contributed by atoms with van der Waals surface area (Å²) < 4.78 is 0. The van der Waals surface area contributed by atoms with Crippen LogP contribution in [0.2, 0.25) is 0 Å². The van der Waals surface area contributed by atoms with Gasteiger partial charge >= 0.3 is 0 Å². The first-order valence-corrected chi connectivity index (χ1v) is 5.52. The number of benzene rings is 2. The van der Waals surface area contributed by atoms with Crippen LogP contribution in [0.3, 0.4) is 0 Å². The lowest BCUT2D eigenvalue weighted by atomic mass is 10.1. The Kier molecular flexibility index (Phi) is 5.02. The SMILES string of the molecule is Cc1cc(C)c(N)c(O)c1.NOc1ccccc1. The van der Waals surface area contributed by atoms with Gasteiger partial charge in [-0.05, 0) is 43.2 Å². The third-order valence-electron chi connectivity index (χ3n) is 2.39. The highest BCUT2D eigenvalue weighted by Gasteiger charge is 1.99. The highest BCUT2D eigenvalue weighted by Crippen LogP contribution is 2.24. The van der Waals surface area contributed by atoms with Crippen LogP contribution < -0.4 is 16.5 Å². The molecule has 2 rings (SSSR count). The number of phenolic OH excluding ortho intramolecular Hbond substituents is 1. The smallest absolute Gasteiger partial charge is 0.146 e. The fourth-order valence-electron chi connectivity index (χ4n) is 1.46. The molecule has 0 bridgehead atoms. The summed E-state index contributed by atoms with van der Waals surface area (Å²) in [6.45, 7) is 3.80. The fraction of sp³-hybridized carbons (Fsp3) is 0.143. The van der Waals surface area contributed by atoms with Crippen molar-refractivity contribution in [3.63, 3.8) is 0 Å². The zero-order chi connectivity index (χ0) is 13.5. The quantitative estimate of drug-likeness (QED) is 0.410. The molecule has 2 aromatic rings. The van der Waals surface area contributed by atoms with Gasteiger partial charge in [0.2, 0.25) is 0 Å². The molecule has 0 fully saturated rings. The molecule has 0 aliphatic rings. The molecular weight excluding hydrogens is 228 g/mol. The molecule has 0 amide bonds. The molecule has 96 valence electrons. The van der Waals surface area contributed by atoms with Crippen LogP contribution in [0.25, 0.3) is 0 Å². The van der Waals surface area contributed by atoms with Crippen LogP contribution in [0.1, 0.15) is 11.1 Å². The van der Waals surface area contributed by atoms with Gasteiger partial charge in [0.1, 0.15) is 11.5 Å². The average molecular weight is 246 g/mol. The number of nitrogen functional groups attached to an aromatic ring is 1. The van der Waals surface area contributed by atoms with Crippen molar-refractivity contribution in [1.29, 1.82) is 0 Å². The Morgan fingerprint density at radius 1 is 1.06 bits per heavy atom. The van der Waals surface area contributed by atoms with Crippen LogP contribution >= 0.6 is 0 Å². The molecular formula is C14H18N2O2. The Balaban J connectivity index is 0.000000184. The van der Waals surface area contributed by atoms with Gasteiger partial charge in [0, 0.05) is 0 Å². The van der Waals surface area contributed by atoms with Crippen molar-refractivity contribution in [3.05, 3.63) is 53.6 Å². The third-order valence-corrected chi connectivity index (χ3v) is 2.39. The van der Waals surface area contributed by atoms with Crippen molar-refractivity contribution in [1.82, 2.24) is 0 Å². The fourth-order valence-corrected chi connectivity index (χ4v) is 1.46. The number of nitrogens with two attached hydrogens (primary N) is 2. The largest absolute Gasteiger partial charge is 0.506 e. The molecule has 5 N–H and O–H groups in total. The molecule has 0 radical (unpaired) electrons. The molecule has 0 aromatic heterocycles. The molecule has 0 aliphatic heterocycles. The van der Waals surface area contributed by atoms with E-state index >= 15 is 0 Å². The maximum absolute atomic E-state index is 9.16. The second-order valence-electron chi connectivity index (χ2n) is 3.95. The predicted molar refractivity (Wildman–Crippen MR) is 73.3 cm³/mol. The zero-order valence-electron chi connectivity index (χ0n) is 10.6. The monoisotopic (exact) mass is 246 g/mol. The van der Waals surface area contributed by atoms with E-state index in [0.29, 0.717) is 11.4 Å². The van der Waals surface area contributed by atoms with Crippen molar-refractivity contribution in [2.75, 3.05) is 5.73 Å². The molecule has 0 aliphatic carbocycles. The van der Waals surface area contributed by atoms with E-state index in [1.54, 1.807) is 18.2 Å². The van der Waals surface area contributed by atoms with Crippen molar-refractivity contribution < 1.29 is 9.94 Å². The van der Waals surface area contributed by atoms with E-state index in [1.165, 1.54) is 0 Å². The number of rotatable bonds is 1. The van der Waals surface area contributed by atoms with Gasteiger partial charge in [-0.25, -0.2) is 0 Å². The van der Waals surface area contributed by atoms with Crippen LogP contribution in [0.15, 0.2) is 42.5 Å². The van der Waals surface area contributed by atoms with Crippen LogP contribution in [0.4, 0.5) is 5.69 Å². The molecule has 18 heavy (non-hydrogen) atoms. The van der Waals surface area contributed by atoms with Gasteiger partial charge in [-0.15, -0.1) is 0 Å². The molecule has 0 heterocycles. The lowest BCUT2D eigenvalue weighted by Gasteiger charge is -2.03. The van der Waals surface area contributed by atoms with Gasteiger partial charge < -0.3 is 15.7 Å². The Morgan fingerprint density at radius 3 is 2.11 bits per heavy atom. The van der Waals surface area contributed by atoms with E-state index in [9.17, 15) is 0 Å². The number of hydrogen-bond donors (Lipinski definition) is 3. The minimum atomic E-state index is 0.178. The summed E-state index contributed by atoms with van der Waals surface area (Å²) in [5.41, 5.74) is 7.94. The van der Waals surface area contributed by atoms with E-state index in [0.717, 1.165) is 11.1 Å². The summed E-state index contributed by atoms with van der Waals surface area (Å²) in [5, 5.41) is 9.16. The molecule has 4 heteroatoms. The van der Waals surface area contributed by atoms with E-state index < -0.39 is 0 Å². The first kappa shape index (κ1) is 13.9. The molecule has 2 aromatic carbocycles. The summed E-state index contributed by atoms with van der Waals surface area (Å²) in [6, 6.07) is 12.8. The highest BCUT2D eigenvalue weighted by molar-refractivity contribution is 5.58. The molecule has 0 spiro atoms. The van der Waals surface area contributed by atoms with Crippen LogP contribution in [-0.4, -0.2) is 5.11 Å². The van der Waals surface area contributed by atoms with E-state index in [2.05, 4.69) is 4.84 Å². The Bertz CT molecular complexity index is 475. The third kappa shape index (κ3) is 3.99. The average Bonchev–Trinajstić information content (AvgIpc) is 2.37. The number of phenols is 1. The second kappa shape index (κ2) is 6.51. The van der Waals surface area contributed by atoms with Gasteiger partial charge in [0.15, 0.2) is 0 Å². The Labute approximate surface area is 107 Å². The van der Waals surface area contributed by atoms with Crippen LogP contribution in [0, 0.1) is 13.8 Å². The molecule has 0 unspecified atom stereocenters. The summed E-state index contributed by atoms with van der Waals surface area (Å²) >= 11 is 0. The topological polar surface area (TPSA) is 81.5 Å². The minimum Gasteiger partial charge on any atom is -0.506 e. The zero-order valence-corrected chi connectivity index (χ0v) is 10.6. The van der Waals surface area contributed by atoms with Crippen molar-refractivity contribution in [2.45, 2.75) is 13.8 Å². The molecule has 0 saturated carbocycles. The van der Waals surface area contributed by atoms with Crippen LogP contribution in [0.5, 0.6) is 11.5 Å². The van der Waals surface area contributed by atoms with E-state index in [1.807, 2.05) is 38.1 Å². The molecule has 4 nitrogen and oxygen atoms in total. The van der Waals surface area contributed by atoms with Crippen molar-refractivity contribution in [3.8, 4) is 11.5 Å². The lowest BCUT2D eigenvalue weighted by Crippen LogP contribution is -2.00. The van der Waals surface area contributed by atoms with Gasteiger partial charge in [-0.3, -0.25) is 0 Å². The number of aryl methyl sites for hydroxylation is 2. The molecule has 0 atom stereocenters. The van der Waals surface area contributed by atoms with Crippen molar-refractivity contribution in [2.24, 2.45) is 5.90 Å². The van der Waals surface area contributed by atoms with Gasteiger partial charge in [-0.2, -0.15) is 5.90 Å². The highest BCUT2D eigenvalue weighted by atomic mass is 16.6. The Morgan fingerprint density at radius 2 is 1.67 bits per heavy atom. The summed E-state index contributed by atoms with van der Waals surface area (Å²) in [7, 11) is 0. The standard InChI is InChI=1S/C8H11NO.C6H7NO/c1-5-3-6(2)8(9)7(10)4-5;7-8-6-4-2-1-3-5-6/h3-4,10H,9H2,1-2H3;1-5H,7H2. The van der Waals surface area contributed by atoms with Crippen LogP contribution in [-0.2, 0) is 0 Å². The van der Waals surface area contributed by atoms with Gasteiger partial charge in [-0.1, -0.05) is 24.3 Å². The maximum Gasteiger partial charge on any atom is 0.146 e. The first-order valence-electron chi connectivity index (χ1n) is 5.52. The number of anilines is 1. The molecule has 0 saturated heterocycles. The second-order valence-corrected chi connectivity index (χ2v) is 3.95. The first-order chi connectivity index (χ1) is 8.54. The Hall–Kier alpha value is -2.20. The van der Waals surface area contributed by atoms with E-state index in [4.69, 9.17) is 16.7 Å². The summed E-state index contributed by atoms with van der Waals surface area (Å²) in [5.74, 6) is 5.72. The normalized spacial score (nSPS) is 9.28. The van der Waals surface area contributed by atoms with Crippen molar-refractivity contribution >= 4 is 5.69 Å². The number of para-hydroxylation sites is 1. The number of aromatic hydroxyl groups is 1. The minimum absolute atomic E-state index is 0.178. The summed E-state index contributed by atoms with van der Waals surface area (Å²) in [4.78, 5) is 4.41. The van der Waals surface area contributed by atoms with Gasteiger partial charge in [0.05, 0.1) is 5.69 Å². The maximum atomic E-state index is 9.16.